The molecular weight excluding hydrogens is 330 g/mol. The van der Waals surface area contributed by atoms with Crippen LogP contribution in [0.2, 0.25) is 0 Å². The van der Waals surface area contributed by atoms with Gasteiger partial charge in [-0.1, -0.05) is 5.16 Å². The monoisotopic (exact) mass is 357 g/mol. The van der Waals surface area contributed by atoms with E-state index in [1.54, 1.807) is 0 Å². The van der Waals surface area contributed by atoms with E-state index in [2.05, 4.69) is 15.4 Å². The molecule has 0 saturated carbocycles. The Morgan fingerprint density at radius 1 is 1.30 bits per heavy atom. The van der Waals surface area contributed by atoms with Crippen LogP contribution in [0.15, 0.2) is 4.52 Å². The van der Waals surface area contributed by atoms with E-state index in [9.17, 15) is 5.11 Å². The molecule has 2 saturated heterocycles. The van der Waals surface area contributed by atoms with Crippen LogP contribution in [0.5, 0.6) is 0 Å². The van der Waals surface area contributed by atoms with Crippen molar-refractivity contribution in [2.75, 3.05) is 36.1 Å². The van der Waals surface area contributed by atoms with E-state index in [1.165, 1.54) is 28.6 Å². The second-order valence-corrected chi connectivity index (χ2v) is 8.81. The van der Waals surface area contributed by atoms with Gasteiger partial charge in [0.2, 0.25) is 0 Å². The molecule has 0 unspecified atom stereocenters. The smallest absolute Gasteiger partial charge is 0.138 e. The van der Waals surface area contributed by atoms with E-state index in [0.717, 1.165) is 31.0 Å². The summed E-state index contributed by atoms with van der Waals surface area (Å²) in [6.45, 7) is 6.49. The molecule has 0 bridgehead atoms. The molecule has 2 N–H and O–H groups in total. The van der Waals surface area contributed by atoms with Gasteiger partial charge in [-0.15, -0.1) is 0 Å². The van der Waals surface area contributed by atoms with Crippen LogP contribution >= 0.6 is 23.5 Å². The topological polar surface area (TPSA) is 61.5 Å². The molecule has 0 radical (unpaired) electrons. The molecule has 7 heteroatoms. The van der Waals surface area contributed by atoms with Gasteiger partial charge in [0.05, 0.1) is 11.8 Å². The molecule has 2 fully saturated rings. The molecule has 0 amide bonds. The van der Waals surface area contributed by atoms with Gasteiger partial charge in [0, 0.05) is 60.3 Å². The van der Waals surface area contributed by atoms with Crippen LogP contribution in [-0.2, 0) is 6.54 Å². The fraction of sp³-hybridized carbons (Fsp3) is 0.812. The fourth-order valence-electron chi connectivity index (χ4n) is 3.30. The SMILES string of the molecule is Cc1noc(C)c1CN1CC[C@@H](NC2CSCCSC2)[C@H](O)C1. The summed E-state index contributed by atoms with van der Waals surface area (Å²) in [5, 5.41) is 18.3. The van der Waals surface area contributed by atoms with Crippen molar-refractivity contribution in [3.63, 3.8) is 0 Å². The standard InChI is InChI=1S/C16H27N3O2S2/c1-11-14(12(2)21-18-11)7-19-4-3-15(16(20)8-19)17-13-9-22-5-6-23-10-13/h13,15-17,20H,3-10H2,1-2H3/t15-,16-/m1/s1. The van der Waals surface area contributed by atoms with Gasteiger partial charge in [-0.05, 0) is 20.3 Å². The highest BCUT2D eigenvalue weighted by Gasteiger charge is 2.30. The van der Waals surface area contributed by atoms with Gasteiger partial charge in [0.15, 0.2) is 0 Å². The summed E-state index contributed by atoms with van der Waals surface area (Å²) in [5.74, 6) is 5.73. The Kier molecular flexibility index (Phi) is 6.31. The summed E-state index contributed by atoms with van der Waals surface area (Å²) in [4.78, 5) is 2.31. The molecule has 3 rings (SSSR count). The third-order valence-corrected chi connectivity index (χ3v) is 7.21. The van der Waals surface area contributed by atoms with Gasteiger partial charge in [0.1, 0.15) is 5.76 Å². The van der Waals surface area contributed by atoms with Crippen molar-refractivity contribution in [3.05, 3.63) is 17.0 Å². The molecule has 5 nitrogen and oxygen atoms in total. The maximum absolute atomic E-state index is 10.6. The zero-order valence-corrected chi connectivity index (χ0v) is 15.6. The first-order valence-electron chi connectivity index (χ1n) is 8.37. The molecule has 1 aromatic heterocycles. The lowest BCUT2D eigenvalue weighted by molar-refractivity contribution is 0.0345. The number of aliphatic hydroxyl groups is 1. The van der Waals surface area contributed by atoms with Crippen molar-refractivity contribution in [2.45, 2.75) is 45.0 Å². The Balaban J connectivity index is 1.51. The molecule has 2 atom stereocenters. The Morgan fingerprint density at radius 2 is 2.04 bits per heavy atom. The number of hydrogen-bond acceptors (Lipinski definition) is 7. The van der Waals surface area contributed by atoms with E-state index in [0.29, 0.717) is 12.6 Å². The van der Waals surface area contributed by atoms with Crippen LogP contribution in [0, 0.1) is 13.8 Å². The lowest BCUT2D eigenvalue weighted by Crippen LogP contribution is -2.55. The number of aryl methyl sites for hydroxylation is 2. The minimum absolute atomic E-state index is 0.222. The first kappa shape index (κ1) is 17.6. The molecular formula is C16H27N3O2S2. The largest absolute Gasteiger partial charge is 0.390 e. The van der Waals surface area contributed by atoms with Crippen LogP contribution in [0.1, 0.15) is 23.4 Å². The van der Waals surface area contributed by atoms with Crippen molar-refractivity contribution in [3.8, 4) is 0 Å². The summed E-state index contributed by atoms with van der Waals surface area (Å²) in [7, 11) is 0. The summed E-state index contributed by atoms with van der Waals surface area (Å²) in [5.41, 5.74) is 2.13. The summed E-state index contributed by atoms with van der Waals surface area (Å²) in [6, 6.07) is 0.751. The van der Waals surface area contributed by atoms with Crippen LogP contribution in [0.25, 0.3) is 0 Å². The molecule has 0 aliphatic carbocycles. The molecule has 2 aliphatic rings. The predicted octanol–water partition coefficient (Wildman–Crippen LogP) is 1.66. The van der Waals surface area contributed by atoms with E-state index in [-0.39, 0.29) is 12.1 Å². The number of rotatable bonds is 4. The molecule has 2 aliphatic heterocycles. The zero-order chi connectivity index (χ0) is 16.2. The number of aliphatic hydroxyl groups excluding tert-OH is 1. The first-order valence-corrected chi connectivity index (χ1v) is 10.7. The van der Waals surface area contributed by atoms with Crippen LogP contribution in [0.4, 0.5) is 0 Å². The molecule has 0 aromatic carbocycles. The van der Waals surface area contributed by atoms with E-state index in [1.807, 2.05) is 37.4 Å². The Bertz CT molecular complexity index is 484. The third-order valence-electron chi connectivity index (χ3n) is 4.69. The predicted molar refractivity (Wildman–Crippen MR) is 97.2 cm³/mol. The van der Waals surface area contributed by atoms with E-state index < -0.39 is 0 Å². The van der Waals surface area contributed by atoms with Crippen molar-refractivity contribution in [2.24, 2.45) is 0 Å². The average molecular weight is 358 g/mol. The third kappa shape index (κ3) is 4.66. The maximum atomic E-state index is 10.6. The maximum Gasteiger partial charge on any atom is 0.138 e. The molecule has 0 spiro atoms. The normalized spacial score (nSPS) is 28.0. The number of nitrogens with zero attached hydrogens (tertiary/aromatic N) is 2. The van der Waals surface area contributed by atoms with Crippen LogP contribution in [0.3, 0.4) is 0 Å². The van der Waals surface area contributed by atoms with Gasteiger partial charge in [0.25, 0.3) is 0 Å². The fourth-order valence-corrected chi connectivity index (χ4v) is 5.73. The molecule has 1 aromatic rings. The van der Waals surface area contributed by atoms with Crippen LogP contribution in [-0.4, -0.2) is 69.5 Å². The number of nitrogens with one attached hydrogen (secondary N) is 1. The van der Waals surface area contributed by atoms with Gasteiger partial charge >= 0.3 is 0 Å². The van der Waals surface area contributed by atoms with Crippen LogP contribution < -0.4 is 5.32 Å². The summed E-state index contributed by atoms with van der Waals surface area (Å²) in [6.07, 6.45) is 0.693. The average Bonchev–Trinajstić information content (AvgIpc) is 2.74. The molecule has 130 valence electrons. The van der Waals surface area contributed by atoms with Gasteiger partial charge in [-0.2, -0.15) is 23.5 Å². The molecule has 3 heterocycles. The summed E-state index contributed by atoms with van der Waals surface area (Å²) >= 11 is 4.05. The highest BCUT2D eigenvalue weighted by molar-refractivity contribution is 8.03. The summed E-state index contributed by atoms with van der Waals surface area (Å²) < 4.78 is 5.24. The number of likely N-dealkylation sites (tertiary alicyclic amines) is 1. The first-order chi connectivity index (χ1) is 11.1. The zero-order valence-electron chi connectivity index (χ0n) is 14.0. The van der Waals surface area contributed by atoms with Gasteiger partial charge < -0.3 is 14.9 Å². The quantitative estimate of drug-likeness (QED) is 0.850. The molecule has 23 heavy (non-hydrogen) atoms. The highest BCUT2D eigenvalue weighted by Crippen LogP contribution is 2.21. The minimum atomic E-state index is -0.303. The van der Waals surface area contributed by atoms with Gasteiger partial charge in [-0.3, -0.25) is 4.90 Å². The van der Waals surface area contributed by atoms with Crippen molar-refractivity contribution in [1.29, 1.82) is 0 Å². The highest BCUT2D eigenvalue weighted by atomic mass is 32.2. The minimum Gasteiger partial charge on any atom is -0.390 e. The Labute approximate surface area is 146 Å². The second-order valence-electron chi connectivity index (χ2n) is 6.51. The lowest BCUT2D eigenvalue weighted by Gasteiger charge is -2.38. The van der Waals surface area contributed by atoms with Crippen molar-refractivity contribution < 1.29 is 9.63 Å². The number of β-amino-alcohol motifs (C(OH)–C–C–N with tert-alkyl or cyclic N) is 1. The van der Waals surface area contributed by atoms with Crippen molar-refractivity contribution >= 4 is 23.5 Å². The Morgan fingerprint density at radius 3 is 2.65 bits per heavy atom. The van der Waals surface area contributed by atoms with E-state index in [4.69, 9.17) is 4.52 Å². The number of thioether (sulfide) groups is 2. The Hall–Kier alpha value is -0.210. The van der Waals surface area contributed by atoms with E-state index >= 15 is 0 Å². The van der Waals surface area contributed by atoms with Crippen molar-refractivity contribution in [1.82, 2.24) is 15.4 Å². The van der Waals surface area contributed by atoms with Gasteiger partial charge in [-0.25, -0.2) is 0 Å². The number of aromatic nitrogens is 1. The number of hydrogen-bond donors (Lipinski definition) is 2. The lowest BCUT2D eigenvalue weighted by atomic mass is 10.00. The second kappa shape index (κ2) is 8.25. The number of piperidine rings is 1.